The number of nitrogens with one attached hydrogen (secondary N) is 1. The van der Waals surface area contributed by atoms with E-state index in [1.807, 2.05) is 18.2 Å². The standard InChI is InChI=1S/C26H31N7/c1-18(2)16-24-27-25(21-8-4-3-5-9-21)30-33(24)17-19-12-14-20(15-13-19)22-10-6-7-11-23(22)26-28-31-32-29-26/h6-7,10-15,18,21H,3-5,8-9,16-17H2,1-2H3,(H,28,29,31,32). The fraction of sp³-hybridized carbons (Fsp3) is 0.423. The van der Waals surface area contributed by atoms with Gasteiger partial charge >= 0.3 is 0 Å². The molecule has 2 aromatic carbocycles. The molecule has 0 spiro atoms. The first-order valence-electron chi connectivity index (χ1n) is 12.0. The Balaban J connectivity index is 1.39. The molecule has 5 rings (SSSR count). The van der Waals surface area contributed by atoms with Gasteiger partial charge in [-0.2, -0.15) is 5.10 Å². The van der Waals surface area contributed by atoms with Crippen LogP contribution in [0.5, 0.6) is 0 Å². The van der Waals surface area contributed by atoms with Gasteiger partial charge in [0.05, 0.1) is 6.54 Å². The maximum absolute atomic E-state index is 5.01. The second-order valence-corrected chi connectivity index (χ2v) is 9.47. The first-order valence-corrected chi connectivity index (χ1v) is 12.0. The Kier molecular flexibility index (Phi) is 6.28. The summed E-state index contributed by atoms with van der Waals surface area (Å²) in [6, 6.07) is 16.9. The molecule has 0 amide bonds. The highest BCUT2D eigenvalue weighted by Crippen LogP contribution is 2.32. The van der Waals surface area contributed by atoms with E-state index in [9.17, 15) is 0 Å². The maximum Gasteiger partial charge on any atom is 0.180 e. The van der Waals surface area contributed by atoms with Crippen molar-refractivity contribution in [3.05, 3.63) is 65.7 Å². The lowest BCUT2D eigenvalue weighted by molar-refractivity contribution is 0.426. The molecule has 1 N–H and O–H groups in total. The van der Waals surface area contributed by atoms with Gasteiger partial charge in [-0.05, 0) is 45.9 Å². The summed E-state index contributed by atoms with van der Waals surface area (Å²) in [6.45, 7) is 5.24. The zero-order chi connectivity index (χ0) is 22.6. The van der Waals surface area contributed by atoms with Crippen molar-refractivity contribution in [2.75, 3.05) is 0 Å². The Bertz CT molecular complexity index is 1170. The second kappa shape index (κ2) is 9.65. The molecule has 7 nitrogen and oxygen atoms in total. The Labute approximate surface area is 194 Å². The predicted molar refractivity (Wildman–Crippen MR) is 129 cm³/mol. The zero-order valence-corrected chi connectivity index (χ0v) is 19.4. The van der Waals surface area contributed by atoms with Gasteiger partial charge in [-0.1, -0.05) is 81.6 Å². The maximum atomic E-state index is 5.01. The average Bonchev–Trinajstić information content (AvgIpc) is 3.51. The fourth-order valence-electron chi connectivity index (χ4n) is 4.75. The molecule has 7 heteroatoms. The van der Waals surface area contributed by atoms with E-state index in [-0.39, 0.29) is 0 Å². The van der Waals surface area contributed by atoms with Crippen molar-refractivity contribution in [3.63, 3.8) is 0 Å². The van der Waals surface area contributed by atoms with Crippen LogP contribution >= 0.6 is 0 Å². The number of hydrogen-bond acceptors (Lipinski definition) is 5. The summed E-state index contributed by atoms with van der Waals surface area (Å²) in [7, 11) is 0. The summed E-state index contributed by atoms with van der Waals surface area (Å²) in [6.07, 6.45) is 7.34. The molecule has 0 atom stereocenters. The first kappa shape index (κ1) is 21.5. The number of aromatic nitrogens is 7. The minimum absolute atomic E-state index is 0.523. The highest BCUT2D eigenvalue weighted by atomic mass is 15.5. The summed E-state index contributed by atoms with van der Waals surface area (Å²) in [5.74, 6) is 3.91. The van der Waals surface area contributed by atoms with Crippen molar-refractivity contribution in [1.82, 2.24) is 35.4 Å². The van der Waals surface area contributed by atoms with Crippen LogP contribution in [-0.2, 0) is 13.0 Å². The average molecular weight is 442 g/mol. The van der Waals surface area contributed by atoms with Gasteiger partial charge in [-0.15, -0.1) is 5.10 Å². The largest absolute Gasteiger partial charge is 0.245 e. The van der Waals surface area contributed by atoms with Crippen molar-refractivity contribution in [3.8, 4) is 22.5 Å². The smallest absolute Gasteiger partial charge is 0.180 e. The third-order valence-electron chi connectivity index (χ3n) is 6.45. The molecule has 1 fully saturated rings. The van der Waals surface area contributed by atoms with Crippen molar-refractivity contribution < 1.29 is 0 Å². The molecule has 0 bridgehead atoms. The van der Waals surface area contributed by atoms with E-state index in [0.29, 0.717) is 17.7 Å². The van der Waals surface area contributed by atoms with Gasteiger partial charge in [-0.25, -0.2) is 14.8 Å². The van der Waals surface area contributed by atoms with Crippen LogP contribution in [0.3, 0.4) is 0 Å². The number of hydrogen-bond donors (Lipinski definition) is 1. The molecule has 33 heavy (non-hydrogen) atoms. The minimum Gasteiger partial charge on any atom is -0.245 e. The molecule has 0 aliphatic heterocycles. The van der Waals surface area contributed by atoms with Gasteiger partial charge in [0.25, 0.3) is 0 Å². The topological polar surface area (TPSA) is 85.2 Å². The highest BCUT2D eigenvalue weighted by Gasteiger charge is 2.22. The van der Waals surface area contributed by atoms with Gasteiger partial charge in [-0.3, -0.25) is 0 Å². The van der Waals surface area contributed by atoms with E-state index in [1.54, 1.807) is 0 Å². The molecule has 4 aromatic rings. The molecule has 170 valence electrons. The van der Waals surface area contributed by atoms with Crippen molar-refractivity contribution in [2.24, 2.45) is 5.92 Å². The molecular weight excluding hydrogens is 410 g/mol. The second-order valence-electron chi connectivity index (χ2n) is 9.47. The third kappa shape index (κ3) is 4.87. The quantitative estimate of drug-likeness (QED) is 0.414. The van der Waals surface area contributed by atoms with Crippen LogP contribution in [0, 0.1) is 5.92 Å². The molecule has 0 saturated heterocycles. The van der Waals surface area contributed by atoms with Crippen LogP contribution < -0.4 is 0 Å². The summed E-state index contributed by atoms with van der Waals surface area (Å²) in [5.41, 5.74) is 4.45. The van der Waals surface area contributed by atoms with E-state index >= 15 is 0 Å². The van der Waals surface area contributed by atoms with E-state index < -0.39 is 0 Å². The lowest BCUT2D eigenvalue weighted by Crippen LogP contribution is -2.10. The number of rotatable bonds is 7. The fourth-order valence-corrected chi connectivity index (χ4v) is 4.75. The Morgan fingerprint density at radius 3 is 2.42 bits per heavy atom. The summed E-state index contributed by atoms with van der Waals surface area (Å²) in [5, 5.41) is 19.4. The van der Waals surface area contributed by atoms with Crippen LogP contribution in [0.15, 0.2) is 48.5 Å². The van der Waals surface area contributed by atoms with Gasteiger partial charge in [0.2, 0.25) is 0 Å². The first-order chi connectivity index (χ1) is 16.2. The van der Waals surface area contributed by atoms with E-state index in [1.165, 1.54) is 37.7 Å². The monoisotopic (exact) mass is 441 g/mol. The molecule has 2 aromatic heterocycles. The SMILES string of the molecule is CC(C)Cc1nc(C2CCCCC2)nn1Cc1ccc(-c2ccccc2-c2nnn[nH]2)cc1. The zero-order valence-electron chi connectivity index (χ0n) is 19.4. The lowest BCUT2D eigenvalue weighted by Gasteiger charge is -2.18. The van der Waals surface area contributed by atoms with E-state index in [2.05, 4.69) is 69.5 Å². The lowest BCUT2D eigenvalue weighted by atomic mass is 9.89. The molecule has 1 saturated carbocycles. The summed E-state index contributed by atoms with van der Waals surface area (Å²) in [4.78, 5) is 5.01. The third-order valence-corrected chi connectivity index (χ3v) is 6.45. The number of tetrazole rings is 1. The van der Waals surface area contributed by atoms with Crippen LogP contribution in [0.2, 0.25) is 0 Å². The minimum atomic E-state index is 0.523. The highest BCUT2D eigenvalue weighted by molar-refractivity contribution is 5.80. The van der Waals surface area contributed by atoms with Crippen molar-refractivity contribution in [1.29, 1.82) is 0 Å². The number of nitrogens with zero attached hydrogens (tertiary/aromatic N) is 6. The van der Waals surface area contributed by atoms with Gasteiger partial charge in [0.1, 0.15) is 5.82 Å². The predicted octanol–water partition coefficient (Wildman–Crippen LogP) is 5.42. The number of H-pyrrole nitrogens is 1. The van der Waals surface area contributed by atoms with E-state index in [4.69, 9.17) is 10.1 Å². The molecule has 2 heterocycles. The molecule has 1 aliphatic carbocycles. The molecule has 0 radical (unpaired) electrons. The van der Waals surface area contributed by atoms with Gasteiger partial charge in [0.15, 0.2) is 11.6 Å². The summed E-state index contributed by atoms with van der Waals surface area (Å²) >= 11 is 0. The van der Waals surface area contributed by atoms with Gasteiger partial charge < -0.3 is 0 Å². The Morgan fingerprint density at radius 1 is 0.970 bits per heavy atom. The molecule has 1 aliphatic rings. The van der Waals surface area contributed by atoms with Crippen molar-refractivity contribution >= 4 is 0 Å². The van der Waals surface area contributed by atoms with Crippen molar-refractivity contribution in [2.45, 2.75) is 64.8 Å². The number of benzene rings is 2. The number of aromatic amines is 1. The Morgan fingerprint density at radius 2 is 1.73 bits per heavy atom. The normalized spacial score (nSPS) is 14.8. The Hall–Kier alpha value is -3.35. The summed E-state index contributed by atoms with van der Waals surface area (Å²) < 4.78 is 2.13. The van der Waals surface area contributed by atoms with Crippen LogP contribution in [0.25, 0.3) is 22.5 Å². The molecule has 0 unspecified atom stereocenters. The van der Waals surface area contributed by atoms with Crippen LogP contribution in [0.4, 0.5) is 0 Å². The van der Waals surface area contributed by atoms with Gasteiger partial charge in [0, 0.05) is 17.9 Å². The van der Waals surface area contributed by atoms with Crippen LogP contribution in [0.1, 0.15) is 69.1 Å². The van der Waals surface area contributed by atoms with Crippen LogP contribution in [-0.4, -0.2) is 35.4 Å². The van der Waals surface area contributed by atoms with E-state index in [0.717, 1.165) is 41.3 Å². The molecular formula is C26H31N7.